The highest BCUT2D eigenvalue weighted by Gasteiger charge is 2.33. The van der Waals surface area contributed by atoms with Crippen LogP contribution in [0, 0.1) is 0 Å². The van der Waals surface area contributed by atoms with Crippen LogP contribution in [0.25, 0.3) is 6.08 Å². The minimum atomic E-state index is -0.555. The van der Waals surface area contributed by atoms with Gasteiger partial charge in [0, 0.05) is 11.0 Å². The fourth-order valence-corrected chi connectivity index (χ4v) is 5.21. The Balaban J connectivity index is 1.95. The van der Waals surface area contributed by atoms with E-state index in [1.807, 2.05) is 17.5 Å². The second-order valence-corrected chi connectivity index (χ2v) is 8.73. The highest BCUT2D eigenvalue weighted by atomic mass is 79.9. The number of furan rings is 1. The molecule has 28 heavy (non-hydrogen) atoms. The molecule has 0 fully saturated rings. The topological polar surface area (TPSA) is 73.8 Å². The number of carbonyl (C=O) groups excluding carboxylic acids is 1. The predicted octanol–water partition coefficient (Wildman–Crippen LogP) is 3.22. The third kappa shape index (κ3) is 3.34. The molecule has 0 aromatic carbocycles. The molecule has 144 valence electrons. The normalized spacial score (nSPS) is 16.8. The highest BCUT2D eigenvalue weighted by molar-refractivity contribution is 9.10. The Labute approximate surface area is 176 Å². The van der Waals surface area contributed by atoms with Crippen molar-refractivity contribution >= 4 is 50.6 Å². The summed E-state index contributed by atoms with van der Waals surface area (Å²) in [5.74, 6) is 0.109. The monoisotopic (exact) mass is 478 g/mol. The summed E-state index contributed by atoms with van der Waals surface area (Å²) >= 11 is 6.02. The number of rotatable bonds is 4. The van der Waals surface area contributed by atoms with E-state index in [1.54, 1.807) is 36.6 Å². The van der Waals surface area contributed by atoms with Gasteiger partial charge in [-0.2, -0.15) is 0 Å². The van der Waals surface area contributed by atoms with Crippen molar-refractivity contribution in [1.29, 1.82) is 0 Å². The number of nitrogens with zero attached hydrogens (tertiary/aromatic N) is 2. The Bertz CT molecular complexity index is 1250. The summed E-state index contributed by atoms with van der Waals surface area (Å²) in [5, 5.41) is 1.92. The number of hydrogen-bond acceptors (Lipinski definition) is 7. The quantitative estimate of drug-likeness (QED) is 0.539. The van der Waals surface area contributed by atoms with E-state index in [0.29, 0.717) is 31.0 Å². The number of halogens is 1. The van der Waals surface area contributed by atoms with E-state index in [1.165, 1.54) is 22.7 Å². The Morgan fingerprint density at radius 3 is 2.89 bits per heavy atom. The first kappa shape index (κ1) is 19.1. The fraction of sp³-hybridized carbons (Fsp3) is 0.211. The van der Waals surface area contributed by atoms with E-state index in [4.69, 9.17) is 9.15 Å². The summed E-state index contributed by atoms with van der Waals surface area (Å²) in [4.78, 5) is 31.8. The first-order valence-electron chi connectivity index (χ1n) is 8.48. The zero-order valence-electron chi connectivity index (χ0n) is 15.0. The molecule has 0 saturated carbocycles. The summed E-state index contributed by atoms with van der Waals surface area (Å²) in [6.45, 7) is 3.78. The molecule has 9 heteroatoms. The maximum Gasteiger partial charge on any atom is 0.338 e. The molecule has 1 atom stereocenters. The van der Waals surface area contributed by atoms with Gasteiger partial charge < -0.3 is 9.15 Å². The van der Waals surface area contributed by atoms with Gasteiger partial charge in [0.05, 0.1) is 22.4 Å². The van der Waals surface area contributed by atoms with E-state index in [9.17, 15) is 9.59 Å². The number of fused-ring (bicyclic) bond motifs is 1. The maximum absolute atomic E-state index is 13.2. The lowest BCUT2D eigenvalue weighted by Gasteiger charge is -2.23. The van der Waals surface area contributed by atoms with Crippen LogP contribution in [0.5, 0.6) is 0 Å². The van der Waals surface area contributed by atoms with Crippen LogP contribution >= 0.6 is 38.6 Å². The van der Waals surface area contributed by atoms with Gasteiger partial charge in [-0.05, 0) is 53.4 Å². The molecule has 0 unspecified atom stereocenters. The summed E-state index contributed by atoms with van der Waals surface area (Å²) in [5.41, 5.74) is 0.735. The van der Waals surface area contributed by atoms with Crippen molar-refractivity contribution in [3.63, 3.8) is 0 Å². The smallest absolute Gasteiger partial charge is 0.338 e. The molecule has 3 aromatic rings. The van der Waals surface area contributed by atoms with Crippen molar-refractivity contribution in [3.05, 3.63) is 75.9 Å². The number of carbonyl (C=O) groups is 1. The van der Waals surface area contributed by atoms with Gasteiger partial charge in [0.1, 0.15) is 11.8 Å². The Hall–Kier alpha value is -2.23. The molecule has 0 aliphatic carbocycles. The summed E-state index contributed by atoms with van der Waals surface area (Å²) in [6, 6.07) is 6.79. The van der Waals surface area contributed by atoms with E-state index in [0.717, 1.165) is 4.88 Å². The molecule has 0 N–H and O–H groups in total. The van der Waals surface area contributed by atoms with Crippen molar-refractivity contribution in [3.8, 4) is 0 Å². The fourth-order valence-electron chi connectivity index (χ4n) is 3.04. The zero-order valence-corrected chi connectivity index (χ0v) is 18.2. The lowest BCUT2D eigenvalue weighted by molar-refractivity contribution is -0.139. The molecule has 6 nitrogen and oxygen atoms in total. The number of ether oxygens (including phenoxy) is 1. The standard InChI is InChI=1S/C19H15BrN2O4S2/c1-3-25-18(24)15-10(2)21-19-22(16(15)12-5-4-8-27-12)17(23)13(28-19)9-11-6-7-14(20)26-11/h4-9,16H,3H2,1-2H3/b13-9-/t16-/m1/s1. The van der Waals surface area contributed by atoms with Gasteiger partial charge >= 0.3 is 5.97 Å². The predicted molar refractivity (Wildman–Crippen MR) is 111 cm³/mol. The van der Waals surface area contributed by atoms with E-state index in [2.05, 4.69) is 20.9 Å². The molecule has 0 saturated heterocycles. The third-order valence-electron chi connectivity index (χ3n) is 4.20. The van der Waals surface area contributed by atoms with Crippen LogP contribution in [0.3, 0.4) is 0 Å². The average molecular weight is 479 g/mol. The first-order valence-corrected chi connectivity index (χ1v) is 11.0. The van der Waals surface area contributed by atoms with Crippen molar-refractivity contribution < 1.29 is 13.9 Å². The number of aromatic nitrogens is 1. The molecule has 0 radical (unpaired) electrons. The molecule has 1 aliphatic rings. The first-order chi connectivity index (χ1) is 13.5. The lowest BCUT2D eigenvalue weighted by atomic mass is 10.0. The summed E-state index contributed by atoms with van der Waals surface area (Å²) in [6.07, 6.45) is 1.68. The Kier molecular flexibility index (Phi) is 5.22. The second kappa shape index (κ2) is 7.65. The van der Waals surface area contributed by atoms with E-state index >= 15 is 0 Å². The second-order valence-electron chi connectivity index (χ2n) is 5.96. The minimum absolute atomic E-state index is 0.219. The zero-order chi connectivity index (χ0) is 19.8. The number of allylic oxidation sites excluding steroid dienone is 1. The van der Waals surface area contributed by atoms with Crippen molar-refractivity contribution in [2.45, 2.75) is 19.9 Å². The van der Waals surface area contributed by atoms with E-state index in [-0.39, 0.29) is 12.2 Å². The van der Waals surface area contributed by atoms with Gasteiger partial charge in [0.2, 0.25) is 0 Å². The summed E-state index contributed by atoms with van der Waals surface area (Å²) < 4.78 is 13.4. The van der Waals surface area contributed by atoms with Crippen LogP contribution < -0.4 is 14.9 Å². The maximum atomic E-state index is 13.2. The minimum Gasteiger partial charge on any atom is -0.463 e. The number of esters is 1. The molecule has 3 aromatic heterocycles. The van der Waals surface area contributed by atoms with Crippen LogP contribution in [0.4, 0.5) is 0 Å². The van der Waals surface area contributed by atoms with Crippen LogP contribution in [0.2, 0.25) is 0 Å². The van der Waals surface area contributed by atoms with Crippen LogP contribution in [0.1, 0.15) is 30.5 Å². The Morgan fingerprint density at radius 1 is 1.43 bits per heavy atom. The van der Waals surface area contributed by atoms with Crippen LogP contribution in [-0.2, 0) is 9.53 Å². The summed E-state index contributed by atoms with van der Waals surface area (Å²) in [7, 11) is 0. The number of thiazole rings is 1. The lowest BCUT2D eigenvalue weighted by Crippen LogP contribution is -2.39. The molecule has 4 heterocycles. The molecular weight excluding hydrogens is 464 g/mol. The third-order valence-corrected chi connectivity index (χ3v) is 6.53. The Morgan fingerprint density at radius 2 is 2.25 bits per heavy atom. The number of hydrogen-bond donors (Lipinski definition) is 0. The molecular formula is C19H15BrN2O4S2. The molecule has 0 bridgehead atoms. The van der Waals surface area contributed by atoms with Crippen LogP contribution in [0.15, 0.2) is 59.8 Å². The van der Waals surface area contributed by atoms with E-state index < -0.39 is 12.0 Å². The van der Waals surface area contributed by atoms with Gasteiger partial charge in [0.15, 0.2) is 9.47 Å². The van der Waals surface area contributed by atoms with Crippen molar-refractivity contribution in [2.75, 3.05) is 6.61 Å². The van der Waals surface area contributed by atoms with Crippen molar-refractivity contribution in [2.24, 2.45) is 4.99 Å². The van der Waals surface area contributed by atoms with Gasteiger partial charge in [-0.1, -0.05) is 17.4 Å². The number of thiophene rings is 1. The van der Waals surface area contributed by atoms with Crippen LogP contribution in [-0.4, -0.2) is 17.1 Å². The van der Waals surface area contributed by atoms with Gasteiger partial charge in [-0.3, -0.25) is 9.36 Å². The average Bonchev–Trinajstić information content (AvgIpc) is 3.37. The molecule has 0 spiro atoms. The highest BCUT2D eigenvalue weighted by Crippen LogP contribution is 2.33. The SMILES string of the molecule is CCOC(=O)C1=C(C)N=c2s/c(=C\c3ccc(Br)o3)c(=O)n2[C@@H]1c1cccs1. The van der Waals surface area contributed by atoms with Gasteiger partial charge in [-0.15, -0.1) is 11.3 Å². The molecule has 4 rings (SSSR count). The van der Waals surface area contributed by atoms with Crippen molar-refractivity contribution in [1.82, 2.24) is 4.57 Å². The molecule has 0 amide bonds. The largest absolute Gasteiger partial charge is 0.463 e. The molecule has 1 aliphatic heterocycles. The van der Waals surface area contributed by atoms with Gasteiger partial charge in [0.25, 0.3) is 5.56 Å². The van der Waals surface area contributed by atoms with Gasteiger partial charge in [-0.25, -0.2) is 9.79 Å².